The molecule has 2 rings (SSSR count). The quantitative estimate of drug-likeness (QED) is 0.430. The summed E-state index contributed by atoms with van der Waals surface area (Å²) in [5, 5.41) is 6.50. The van der Waals surface area contributed by atoms with E-state index in [-0.39, 0.29) is 0 Å². The van der Waals surface area contributed by atoms with E-state index in [2.05, 4.69) is 39.9 Å². The summed E-state index contributed by atoms with van der Waals surface area (Å²) in [6.45, 7) is 4.37. The summed E-state index contributed by atoms with van der Waals surface area (Å²) in [7, 11) is 3.45. The number of hydrogen-bond acceptors (Lipinski definition) is 4. The molecule has 1 heterocycles. The van der Waals surface area contributed by atoms with Crippen molar-refractivity contribution in [1.29, 1.82) is 0 Å². The van der Waals surface area contributed by atoms with Gasteiger partial charge < -0.3 is 24.8 Å². The van der Waals surface area contributed by atoms with Gasteiger partial charge in [-0.1, -0.05) is 24.3 Å². The highest BCUT2D eigenvalue weighted by atomic mass is 16.5. The summed E-state index contributed by atoms with van der Waals surface area (Å²) in [4.78, 5) is 4.20. The van der Waals surface area contributed by atoms with E-state index in [1.165, 1.54) is 11.1 Å². The van der Waals surface area contributed by atoms with Crippen LogP contribution < -0.4 is 10.6 Å². The first-order valence-electron chi connectivity index (χ1n) is 8.52. The van der Waals surface area contributed by atoms with Gasteiger partial charge in [0.1, 0.15) is 0 Å². The molecule has 1 aliphatic heterocycles. The maximum absolute atomic E-state index is 5.99. The maximum atomic E-state index is 5.99. The summed E-state index contributed by atoms with van der Waals surface area (Å²) >= 11 is 0. The largest absolute Gasteiger partial charge is 0.383 e. The van der Waals surface area contributed by atoms with Crippen LogP contribution in [-0.4, -0.2) is 52.6 Å². The summed E-state index contributed by atoms with van der Waals surface area (Å²) in [6, 6.07) is 8.46. The Balaban J connectivity index is 1.76. The molecule has 0 atom stereocenters. The van der Waals surface area contributed by atoms with E-state index in [0.29, 0.717) is 19.3 Å². The van der Waals surface area contributed by atoms with Gasteiger partial charge in [0.05, 0.1) is 19.3 Å². The van der Waals surface area contributed by atoms with Crippen molar-refractivity contribution in [2.75, 3.05) is 40.5 Å². The van der Waals surface area contributed by atoms with Crippen LogP contribution in [0.3, 0.4) is 0 Å². The van der Waals surface area contributed by atoms with E-state index < -0.39 is 0 Å². The number of nitrogens with zero attached hydrogens (tertiary/aromatic N) is 1. The van der Waals surface area contributed by atoms with Crippen LogP contribution in [0.5, 0.6) is 0 Å². The average molecular weight is 335 g/mol. The molecule has 1 aromatic carbocycles. The topological polar surface area (TPSA) is 64.1 Å². The molecule has 0 spiro atoms. The van der Waals surface area contributed by atoms with Crippen molar-refractivity contribution in [3.05, 3.63) is 35.4 Å². The fraction of sp³-hybridized carbons (Fsp3) is 0.611. The first-order valence-corrected chi connectivity index (χ1v) is 8.52. The van der Waals surface area contributed by atoms with Crippen LogP contribution in [0.1, 0.15) is 24.0 Å². The van der Waals surface area contributed by atoms with Crippen molar-refractivity contribution in [1.82, 2.24) is 10.6 Å². The summed E-state index contributed by atoms with van der Waals surface area (Å²) in [5.41, 5.74) is 2.40. The molecular formula is C18H29N3O3. The second-order valence-electron chi connectivity index (χ2n) is 5.79. The molecule has 0 radical (unpaired) electrons. The standard InChI is InChI=1S/C18H29N3O3/c1-19-18(20-8-11-22-2)21-13-15-4-3-5-16(12-15)14-24-17-6-9-23-10-7-17/h3-5,12,17H,6-11,13-14H2,1-2H3,(H2,19,20,21). The molecule has 6 heteroatoms. The van der Waals surface area contributed by atoms with E-state index >= 15 is 0 Å². The van der Waals surface area contributed by atoms with Gasteiger partial charge in [-0.05, 0) is 24.0 Å². The number of guanidine groups is 1. The third kappa shape index (κ3) is 6.86. The number of rotatable bonds is 8. The number of nitrogens with one attached hydrogen (secondary N) is 2. The Morgan fingerprint density at radius 2 is 2.04 bits per heavy atom. The molecule has 1 fully saturated rings. The number of methoxy groups -OCH3 is 1. The number of benzene rings is 1. The minimum atomic E-state index is 0.323. The van der Waals surface area contributed by atoms with E-state index in [9.17, 15) is 0 Å². The molecule has 0 bridgehead atoms. The SMILES string of the molecule is CN=C(NCCOC)NCc1cccc(COC2CCOCC2)c1. The zero-order valence-electron chi connectivity index (χ0n) is 14.7. The maximum Gasteiger partial charge on any atom is 0.191 e. The van der Waals surface area contributed by atoms with Crippen molar-refractivity contribution >= 4 is 5.96 Å². The molecule has 134 valence electrons. The fourth-order valence-corrected chi connectivity index (χ4v) is 2.56. The molecule has 24 heavy (non-hydrogen) atoms. The molecule has 6 nitrogen and oxygen atoms in total. The van der Waals surface area contributed by atoms with Gasteiger partial charge in [-0.15, -0.1) is 0 Å². The van der Waals surface area contributed by atoms with Crippen molar-refractivity contribution in [2.24, 2.45) is 4.99 Å². The van der Waals surface area contributed by atoms with Gasteiger partial charge in [0, 0.05) is 40.5 Å². The predicted octanol–water partition coefficient (Wildman–Crippen LogP) is 1.69. The van der Waals surface area contributed by atoms with Crippen molar-refractivity contribution in [2.45, 2.75) is 32.1 Å². The Hall–Kier alpha value is -1.63. The van der Waals surface area contributed by atoms with Crippen LogP contribution in [0.2, 0.25) is 0 Å². The Bertz CT molecular complexity index is 502. The molecule has 0 saturated carbocycles. The van der Waals surface area contributed by atoms with E-state index in [1.54, 1.807) is 14.2 Å². The lowest BCUT2D eigenvalue weighted by molar-refractivity contribution is -0.0390. The van der Waals surface area contributed by atoms with Crippen LogP contribution in [0.25, 0.3) is 0 Å². The molecule has 1 aliphatic rings. The van der Waals surface area contributed by atoms with Crippen LogP contribution >= 0.6 is 0 Å². The lowest BCUT2D eigenvalue weighted by Crippen LogP contribution is -2.38. The van der Waals surface area contributed by atoms with Crippen LogP contribution in [0.15, 0.2) is 29.3 Å². The molecule has 0 amide bonds. The second-order valence-corrected chi connectivity index (χ2v) is 5.79. The monoisotopic (exact) mass is 335 g/mol. The van der Waals surface area contributed by atoms with E-state index in [1.807, 2.05) is 0 Å². The molecule has 1 saturated heterocycles. The third-order valence-corrected chi connectivity index (χ3v) is 3.93. The highest BCUT2D eigenvalue weighted by Crippen LogP contribution is 2.14. The molecule has 0 unspecified atom stereocenters. The van der Waals surface area contributed by atoms with Gasteiger partial charge >= 0.3 is 0 Å². The molecule has 0 aliphatic carbocycles. The van der Waals surface area contributed by atoms with Crippen LogP contribution in [0, 0.1) is 0 Å². The number of aliphatic imine (C=N–C) groups is 1. The Morgan fingerprint density at radius 3 is 2.79 bits per heavy atom. The van der Waals surface area contributed by atoms with Gasteiger partial charge in [-0.25, -0.2) is 0 Å². The number of ether oxygens (including phenoxy) is 3. The first-order chi connectivity index (χ1) is 11.8. The lowest BCUT2D eigenvalue weighted by atomic mass is 10.1. The summed E-state index contributed by atoms with van der Waals surface area (Å²) in [6.07, 6.45) is 2.31. The molecule has 1 aromatic rings. The minimum absolute atomic E-state index is 0.323. The second kappa shape index (κ2) is 11.0. The Morgan fingerprint density at radius 1 is 1.25 bits per heavy atom. The highest BCUT2D eigenvalue weighted by Gasteiger charge is 2.14. The van der Waals surface area contributed by atoms with Crippen molar-refractivity contribution in [3.63, 3.8) is 0 Å². The summed E-state index contributed by atoms with van der Waals surface area (Å²) in [5.74, 6) is 0.774. The average Bonchev–Trinajstić information content (AvgIpc) is 2.64. The van der Waals surface area contributed by atoms with Gasteiger partial charge in [-0.2, -0.15) is 0 Å². The Labute approximate surface area is 144 Å². The molecule has 2 N–H and O–H groups in total. The van der Waals surface area contributed by atoms with Gasteiger partial charge in [0.25, 0.3) is 0 Å². The van der Waals surface area contributed by atoms with Crippen molar-refractivity contribution in [3.8, 4) is 0 Å². The third-order valence-electron chi connectivity index (χ3n) is 3.93. The van der Waals surface area contributed by atoms with Gasteiger partial charge in [0.2, 0.25) is 0 Å². The van der Waals surface area contributed by atoms with Gasteiger partial charge in [-0.3, -0.25) is 4.99 Å². The van der Waals surface area contributed by atoms with E-state index in [4.69, 9.17) is 14.2 Å². The smallest absolute Gasteiger partial charge is 0.191 e. The summed E-state index contributed by atoms with van der Waals surface area (Å²) < 4.78 is 16.4. The first kappa shape index (κ1) is 18.7. The molecule has 0 aromatic heterocycles. The zero-order valence-corrected chi connectivity index (χ0v) is 14.7. The van der Waals surface area contributed by atoms with Gasteiger partial charge in [0.15, 0.2) is 5.96 Å². The van der Waals surface area contributed by atoms with Crippen molar-refractivity contribution < 1.29 is 14.2 Å². The normalized spacial score (nSPS) is 16.2. The van der Waals surface area contributed by atoms with Crippen LogP contribution in [-0.2, 0) is 27.4 Å². The fourth-order valence-electron chi connectivity index (χ4n) is 2.56. The lowest BCUT2D eigenvalue weighted by Gasteiger charge is -2.22. The minimum Gasteiger partial charge on any atom is -0.383 e. The van der Waals surface area contributed by atoms with Crippen LogP contribution in [0.4, 0.5) is 0 Å². The molecular weight excluding hydrogens is 306 g/mol. The highest BCUT2D eigenvalue weighted by molar-refractivity contribution is 5.79. The zero-order chi connectivity index (χ0) is 17.0. The Kier molecular flexibility index (Phi) is 8.59. The van der Waals surface area contributed by atoms with E-state index in [0.717, 1.165) is 45.1 Å². The number of hydrogen-bond donors (Lipinski definition) is 2. The predicted molar refractivity (Wildman–Crippen MR) is 95.1 cm³/mol.